The number of unbranched alkanes of at least 4 members (excludes halogenated alkanes) is 48. The first kappa shape index (κ1) is 75.5. The summed E-state index contributed by atoms with van der Waals surface area (Å²) < 4.78 is 33.1. The van der Waals surface area contributed by atoms with E-state index in [1.807, 2.05) is 0 Å². The van der Waals surface area contributed by atoms with Crippen LogP contribution in [0.3, 0.4) is 0 Å². The Kier molecular flexibility index (Phi) is 62.4. The Hall–Kier alpha value is -1.51. The van der Waals surface area contributed by atoms with Gasteiger partial charge in [0.25, 0.3) is 0 Å². The Balaban J connectivity index is 3.74. The lowest BCUT2D eigenvalue weighted by Gasteiger charge is -2.19. The molecular formula is C67H130NO8P. The van der Waals surface area contributed by atoms with Gasteiger partial charge in [0.1, 0.15) is 6.61 Å². The first-order valence-corrected chi connectivity index (χ1v) is 35.3. The van der Waals surface area contributed by atoms with E-state index < -0.39 is 26.5 Å². The number of rotatable bonds is 65. The van der Waals surface area contributed by atoms with Crippen molar-refractivity contribution in [2.24, 2.45) is 5.73 Å². The number of phosphoric acid groups is 1. The third-order valence-corrected chi connectivity index (χ3v) is 16.3. The van der Waals surface area contributed by atoms with Crippen LogP contribution in [-0.2, 0) is 32.7 Å². The van der Waals surface area contributed by atoms with Gasteiger partial charge in [-0.1, -0.05) is 327 Å². The van der Waals surface area contributed by atoms with Crippen molar-refractivity contribution >= 4 is 19.8 Å². The lowest BCUT2D eigenvalue weighted by Crippen LogP contribution is -2.29. The molecule has 0 fully saturated rings. The molecule has 0 amide bonds. The highest BCUT2D eigenvalue weighted by molar-refractivity contribution is 7.47. The minimum Gasteiger partial charge on any atom is -0.462 e. The minimum atomic E-state index is -4.38. The van der Waals surface area contributed by atoms with E-state index in [2.05, 4.69) is 38.2 Å². The fourth-order valence-electron chi connectivity index (χ4n) is 10.3. The molecule has 77 heavy (non-hydrogen) atoms. The zero-order valence-electron chi connectivity index (χ0n) is 51.2. The molecule has 9 nitrogen and oxygen atoms in total. The summed E-state index contributed by atoms with van der Waals surface area (Å²) >= 11 is 0. The van der Waals surface area contributed by atoms with Crippen molar-refractivity contribution < 1.29 is 37.6 Å². The third kappa shape index (κ3) is 63.5. The van der Waals surface area contributed by atoms with Gasteiger partial charge in [0.2, 0.25) is 0 Å². The standard InChI is InChI=1S/C67H130NO8P/c1-3-5-7-9-11-13-15-17-19-21-22-23-24-25-26-27-28-29-30-31-32-33-34-35-36-37-38-39-40-41-42-44-46-48-50-52-54-56-58-60-67(70)76-65(64-75-77(71,72)74-62-61-68)63-73-66(69)59-57-55-53-51-49-47-45-43-20-18-16-14-12-10-8-6-4-2/h15,17,21-22,65H,3-14,16,18-20,23-64,68H2,1-2H3,(H,71,72)/b17-15-,22-21-. The number of nitrogens with two attached hydrogens (primary N) is 1. The van der Waals surface area contributed by atoms with Crippen LogP contribution in [0.25, 0.3) is 0 Å². The fraction of sp³-hybridized carbons (Fsp3) is 0.910. The fourth-order valence-corrected chi connectivity index (χ4v) is 11.1. The summed E-state index contributed by atoms with van der Waals surface area (Å²) in [6.45, 7) is 3.80. The zero-order chi connectivity index (χ0) is 55.9. The second-order valence-electron chi connectivity index (χ2n) is 23.1. The molecule has 0 rings (SSSR count). The number of esters is 2. The summed E-state index contributed by atoms with van der Waals surface area (Å²) in [5.74, 6) is -0.804. The number of carbonyl (C=O) groups is 2. The van der Waals surface area contributed by atoms with Gasteiger partial charge in [-0.3, -0.25) is 18.6 Å². The van der Waals surface area contributed by atoms with Crippen LogP contribution in [0.15, 0.2) is 24.3 Å². The lowest BCUT2D eigenvalue weighted by atomic mass is 10.0. The van der Waals surface area contributed by atoms with E-state index in [-0.39, 0.29) is 38.6 Å². The van der Waals surface area contributed by atoms with Crippen LogP contribution in [0.5, 0.6) is 0 Å². The highest BCUT2D eigenvalue weighted by Crippen LogP contribution is 2.43. The predicted molar refractivity (Wildman–Crippen MR) is 331 cm³/mol. The van der Waals surface area contributed by atoms with E-state index in [0.717, 1.165) is 38.5 Å². The van der Waals surface area contributed by atoms with Crippen molar-refractivity contribution in [2.75, 3.05) is 26.4 Å². The highest BCUT2D eigenvalue weighted by Gasteiger charge is 2.26. The molecule has 3 N–H and O–H groups in total. The van der Waals surface area contributed by atoms with Gasteiger partial charge in [-0.25, -0.2) is 4.57 Å². The molecule has 0 radical (unpaired) electrons. The zero-order valence-corrected chi connectivity index (χ0v) is 52.1. The Morgan fingerprint density at radius 1 is 0.390 bits per heavy atom. The SMILES string of the molecule is CCCCCCC/C=C\C/C=C\CCCCCCCCCCCCCCCCCCCCCCCCCCCCCC(=O)OC(COC(=O)CCCCCCCCCCCCCCCCCCC)COP(=O)(O)OCCN. The lowest BCUT2D eigenvalue weighted by molar-refractivity contribution is -0.161. The topological polar surface area (TPSA) is 134 Å². The molecule has 2 atom stereocenters. The summed E-state index contributed by atoms with van der Waals surface area (Å²) in [6, 6.07) is 0. The first-order chi connectivity index (χ1) is 37.8. The van der Waals surface area contributed by atoms with Crippen LogP contribution >= 0.6 is 7.82 Å². The van der Waals surface area contributed by atoms with Crippen molar-refractivity contribution in [3.63, 3.8) is 0 Å². The summed E-state index contributed by atoms with van der Waals surface area (Å²) in [7, 11) is -4.38. The molecule has 0 bridgehead atoms. The molecule has 456 valence electrons. The van der Waals surface area contributed by atoms with Gasteiger partial charge >= 0.3 is 19.8 Å². The number of hydrogen-bond acceptors (Lipinski definition) is 8. The van der Waals surface area contributed by atoms with E-state index in [1.165, 1.54) is 289 Å². The molecule has 0 aliphatic rings. The molecule has 0 saturated heterocycles. The van der Waals surface area contributed by atoms with Crippen LogP contribution in [0.4, 0.5) is 0 Å². The van der Waals surface area contributed by atoms with Crippen LogP contribution < -0.4 is 5.73 Å². The molecule has 0 saturated carbocycles. The number of phosphoric ester groups is 1. The van der Waals surface area contributed by atoms with E-state index in [1.54, 1.807) is 0 Å². The van der Waals surface area contributed by atoms with E-state index in [0.29, 0.717) is 6.42 Å². The highest BCUT2D eigenvalue weighted by atomic mass is 31.2. The van der Waals surface area contributed by atoms with Gasteiger partial charge in [-0.05, 0) is 44.9 Å². The Morgan fingerprint density at radius 3 is 0.987 bits per heavy atom. The molecule has 0 heterocycles. The monoisotopic (exact) mass is 1110 g/mol. The van der Waals surface area contributed by atoms with Gasteiger partial charge in [0.15, 0.2) is 6.10 Å². The van der Waals surface area contributed by atoms with Gasteiger partial charge in [-0.2, -0.15) is 0 Å². The minimum absolute atomic E-state index is 0.0575. The van der Waals surface area contributed by atoms with Crippen LogP contribution in [0.1, 0.15) is 361 Å². The second-order valence-corrected chi connectivity index (χ2v) is 24.5. The maximum Gasteiger partial charge on any atom is 0.472 e. The molecule has 0 aromatic carbocycles. The second kappa shape index (κ2) is 63.7. The first-order valence-electron chi connectivity index (χ1n) is 33.8. The number of allylic oxidation sites excluding steroid dienone is 4. The van der Waals surface area contributed by atoms with Crippen molar-refractivity contribution in [2.45, 2.75) is 367 Å². The van der Waals surface area contributed by atoms with Crippen LogP contribution in [0, 0.1) is 0 Å². The van der Waals surface area contributed by atoms with E-state index in [4.69, 9.17) is 24.3 Å². The Morgan fingerprint density at radius 2 is 0.675 bits per heavy atom. The van der Waals surface area contributed by atoms with E-state index >= 15 is 0 Å². The van der Waals surface area contributed by atoms with E-state index in [9.17, 15) is 19.0 Å². The van der Waals surface area contributed by atoms with Gasteiger partial charge < -0.3 is 20.1 Å². The maximum absolute atomic E-state index is 12.7. The van der Waals surface area contributed by atoms with Gasteiger partial charge in [-0.15, -0.1) is 0 Å². The van der Waals surface area contributed by atoms with Crippen molar-refractivity contribution in [3.8, 4) is 0 Å². The Labute approximate surface area is 478 Å². The van der Waals surface area contributed by atoms with Crippen molar-refractivity contribution in [3.05, 3.63) is 24.3 Å². The quantitative estimate of drug-likeness (QED) is 0.0264. The van der Waals surface area contributed by atoms with Crippen molar-refractivity contribution in [1.82, 2.24) is 0 Å². The molecule has 0 aromatic rings. The molecule has 10 heteroatoms. The molecular weight excluding hydrogens is 978 g/mol. The molecule has 0 spiro atoms. The van der Waals surface area contributed by atoms with Crippen LogP contribution in [-0.4, -0.2) is 49.3 Å². The molecule has 2 unspecified atom stereocenters. The molecule has 0 aliphatic heterocycles. The van der Waals surface area contributed by atoms with Crippen molar-refractivity contribution in [1.29, 1.82) is 0 Å². The summed E-state index contributed by atoms with van der Waals surface area (Å²) in [5.41, 5.74) is 5.39. The Bertz CT molecular complexity index is 1310. The van der Waals surface area contributed by atoms with Gasteiger partial charge in [0.05, 0.1) is 13.2 Å². The van der Waals surface area contributed by atoms with Crippen LogP contribution in [0.2, 0.25) is 0 Å². The summed E-state index contributed by atoms with van der Waals surface area (Å²) in [5, 5.41) is 0. The molecule has 0 aliphatic carbocycles. The average molecular weight is 1110 g/mol. The van der Waals surface area contributed by atoms with Gasteiger partial charge in [0, 0.05) is 19.4 Å². The number of ether oxygens (including phenoxy) is 2. The average Bonchev–Trinajstić information content (AvgIpc) is 3.42. The maximum atomic E-state index is 12.7. The number of hydrogen-bond donors (Lipinski definition) is 2. The summed E-state index contributed by atoms with van der Waals surface area (Å²) in [4.78, 5) is 35.2. The normalized spacial score (nSPS) is 13.0. The summed E-state index contributed by atoms with van der Waals surface area (Å²) in [6.07, 6.45) is 77.1. The number of carbonyl (C=O) groups excluding carboxylic acids is 2. The predicted octanol–water partition coefficient (Wildman–Crippen LogP) is 21.8. The molecule has 0 aromatic heterocycles. The smallest absolute Gasteiger partial charge is 0.462 e. The largest absolute Gasteiger partial charge is 0.472 e. The third-order valence-electron chi connectivity index (χ3n) is 15.3.